The zero-order valence-corrected chi connectivity index (χ0v) is 15.4. The number of aromatic nitrogens is 2. The minimum absolute atomic E-state index is 0.604. The van der Waals surface area contributed by atoms with Crippen LogP contribution in [0.25, 0.3) is 5.57 Å². The summed E-state index contributed by atoms with van der Waals surface area (Å²) < 4.78 is 13.2. The molecule has 1 fully saturated rings. The van der Waals surface area contributed by atoms with Crippen LogP contribution in [-0.2, 0) is 12.8 Å². The van der Waals surface area contributed by atoms with Crippen molar-refractivity contribution in [3.05, 3.63) is 23.2 Å². The van der Waals surface area contributed by atoms with Gasteiger partial charge in [-0.05, 0) is 50.6 Å². The third kappa shape index (κ3) is 4.78. The quantitative estimate of drug-likeness (QED) is 0.688. The monoisotopic (exact) mass is 346 g/mol. The molecule has 25 heavy (non-hydrogen) atoms. The first kappa shape index (κ1) is 18.3. The van der Waals surface area contributed by atoms with Crippen LogP contribution < -0.4 is 5.73 Å². The average Bonchev–Trinajstić information content (AvgIpc) is 3.19. The maximum Gasteiger partial charge on any atom is 0.131 e. The van der Waals surface area contributed by atoms with Gasteiger partial charge in [0, 0.05) is 25.1 Å². The molecule has 1 saturated heterocycles. The largest absolute Gasteiger partial charge is 0.383 e. The van der Waals surface area contributed by atoms with Gasteiger partial charge in [-0.15, -0.1) is 0 Å². The summed E-state index contributed by atoms with van der Waals surface area (Å²) in [5.74, 6) is 1.55. The highest BCUT2D eigenvalue weighted by atomic mass is 19.1. The van der Waals surface area contributed by atoms with E-state index in [1.807, 2.05) is 0 Å². The highest BCUT2D eigenvalue weighted by molar-refractivity contribution is 5.73. The summed E-state index contributed by atoms with van der Waals surface area (Å²) in [7, 11) is 0. The lowest BCUT2D eigenvalue weighted by Crippen LogP contribution is -2.22. The van der Waals surface area contributed by atoms with Crippen molar-refractivity contribution < 1.29 is 4.39 Å². The summed E-state index contributed by atoms with van der Waals surface area (Å²) in [6, 6.07) is 0. The van der Waals surface area contributed by atoms with E-state index in [-0.39, 0.29) is 0 Å². The van der Waals surface area contributed by atoms with Crippen LogP contribution >= 0.6 is 0 Å². The molecule has 0 saturated carbocycles. The molecular formula is C20H31FN4. The van der Waals surface area contributed by atoms with Gasteiger partial charge < -0.3 is 10.6 Å². The molecule has 2 aliphatic rings. The number of aryl methyl sites for hydroxylation is 1. The van der Waals surface area contributed by atoms with E-state index < -0.39 is 6.17 Å². The maximum absolute atomic E-state index is 13.2. The molecule has 5 heteroatoms. The second-order valence-electron chi connectivity index (χ2n) is 7.39. The first-order valence-corrected chi connectivity index (χ1v) is 9.88. The van der Waals surface area contributed by atoms with Crippen molar-refractivity contribution in [1.29, 1.82) is 0 Å². The number of hydrogen-bond donors (Lipinski definition) is 1. The molecule has 2 heterocycles. The molecule has 4 nitrogen and oxygen atoms in total. The Bertz CT molecular complexity index is 614. The van der Waals surface area contributed by atoms with E-state index in [9.17, 15) is 4.39 Å². The summed E-state index contributed by atoms with van der Waals surface area (Å²) in [6.07, 6.45) is 11.0. The maximum atomic E-state index is 13.2. The number of anilines is 1. The number of allylic oxidation sites excluding steroid dienone is 2. The zero-order valence-electron chi connectivity index (χ0n) is 15.4. The number of rotatable bonds is 9. The van der Waals surface area contributed by atoms with Crippen molar-refractivity contribution in [1.82, 2.24) is 14.9 Å². The molecule has 1 aromatic heterocycles. The lowest BCUT2D eigenvalue weighted by atomic mass is 10.1. The van der Waals surface area contributed by atoms with E-state index in [2.05, 4.69) is 22.9 Å². The van der Waals surface area contributed by atoms with Gasteiger partial charge in [-0.2, -0.15) is 0 Å². The number of likely N-dealkylation sites (tertiary alicyclic amines) is 1. The van der Waals surface area contributed by atoms with Crippen molar-refractivity contribution in [2.24, 2.45) is 0 Å². The van der Waals surface area contributed by atoms with Gasteiger partial charge in [-0.1, -0.05) is 25.8 Å². The van der Waals surface area contributed by atoms with Gasteiger partial charge in [0.2, 0.25) is 0 Å². The van der Waals surface area contributed by atoms with E-state index in [4.69, 9.17) is 10.7 Å². The number of unbranched alkanes of at least 4 members (excludes halogenated alkanes) is 3. The summed E-state index contributed by atoms with van der Waals surface area (Å²) in [5, 5.41) is 0. The third-order valence-electron chi connectivity index (χ3n) is 5.33. The normalized spacial score (nSPS) is 20.1. The van der Waals surface area contributed by atoms with Crippen LogP contribution in [0.5, 0.6) is 0 Å². The molecule has 1 aliphatic carbocycles. The predicted octanol–water partition coefficient (Wildman–Crippen LogP) is 3.95. The van der Waals surface area contributed by atoms with Crippen molar-refractivity contribution in [3.63, 3.8) is 0 Å². The molecule has 1 aliphatic heterocycles. The molecule has 0 radical (unpaired) electrons. The minimum atomic E-state index is -0.604. The lowest BCUT2D eigenvalue weighted by molar-refractivity contribution is 0.283. The number of hydrogen-bond acceptors (Lipinski definition) is 4. The number of nitrogens with zero attached hydrogens (tertiary/aromatic N) is 3. The molecule has 1 aromatic rings. The van der Waals surface area contributed by atoms with Crippen molar-refractivity contribution in [2.45, 2.75) is 70.9 Å². The lowest BCUT2D eigenvalue weighted by Gasteiger charge is -2.14. The first-order chi connectivity index (χ1) is 12.2. The molecule has 1 atom stereocenters. The zero-order chi connectivity index (χ0) is 17.6. The van der Waals surface area contributed by atoms with Crippen LogP contribution in [0.4, 0.5) is 10.2 Å². The standard InChI is InChI=1S/C20H31FN4/c1-2-3-8-18-23-19-15(9-10-17(19)20(22)24-18)7-5-4-6-12-25-13-11-16(21)14-25/h9,16H,2-8,10-14H2,1H3,(H2,22,23,24)/t16-/m1/s1. The number of halogens is 1. The molecule has 0 bridgehead atoms. The fourth-order valence-electron chi connectivity index (χ4n) is 3.82. The number of nitrogen functional groups attached to an aromatic ring is 1. The summed E-state index contributed by atoms with van der Waals surface area (Å²) in [4.78, 5) is 11.5. The van der Waals surface area contributed by atoms with E-state index in [1.54, 1.807) is 0 Å². The molecule has 3 rings (SSSR count). The Morgan fingerprint density at radius 2 is 2.08 bits per heavy atom. The minimum Gasteiger partial charge on any atom is -0.383 e. The Balaban J connectivity index is 1.46. The molecule has 0 amide bonds. The van der Waals surface area contributed by atoms with Gasteiger partial charge >= 0.3 is 0 Å². The summed E-state index contributed by atoms with van der Waals surface area (Å²) in [6.45, 7) is 4.77. The van der Waals surface area contributed by atoms with E-state index in [1.165, 1.54) is 12.0 Å². The Morgan fingerprint density at radius 3 is 2.84 bits per heavy atom. The smallest absolute Gasteiger partial charge is 0.131 e. The van der Waals surface area contributed by atoms with Gasteiger partial charge in [-0.3, -0.25) is 0 Å². The SMILES string of the molecule is CCCCc1nc(N)c2c(n1)C(CCCCCN1CC[C@@H](F)C1)=CC2. The Hall–Kier alpha value is -1.49. The van der Waals surface area contributed by atoms with E-state index in [0.29, 0.717) is 18.8 Å². The van der Waals surface area contributed by atoms with E-state index >= 15 is 0 Å². The Labute approximate surface area is 150 Å². The number of nitrogens with two attached hydrogens (primary N) is 1. The van der Waals surface area contributed by atoms with E-state index in [0.717, 1.165) is 75.1 Å². The van der Waals surface area contributed by atoms with Crippen molar-refractivity contribution in [3.8, 4) is 0 Å². The first-order valence-electron chi connectivity index (χ1n) is 9.88. The van der Waals surface area contributed by atoms with Gasteiger partial charge in [-0.25, -0.2) is 14.4 Å². The second kappa shape index (κ2) is 8.75. The summed E-state index contributed by atoms with van der Waals surface area (Å²) >= 11 is 0. The van der Waals surface area contributed by atoms with Crippen LogP contribution in [0.2, 0.25) is 0 Å². The van der Waals surface area contributed by atoms with Crippen molar-refractivity contribution in [2.75, 3.05) is 25.4 Å². The van der Waals surface area contributed by atoms with Gasteiger partial charge in [0.1, 0.15) is 17.8 Å². The Kier molecular flexibility index (Phi) is 6.40. The molecule has 0 unspecified atom stereocenters. The molecule has 0 aromatic carbocycles. The Morgan fingerprint density at radius 1 is 1.20 bits per heavy atom. The van der Waals surface area contributed by atoms with Gasteiger partial charge in [0.15, 0.2) is 0 Å². The fourth-order valence-corrected chi connectivity index (χ4v) is 3.82. The van der Waals surface area contributed by atoms with Crippen LogP contribution in [0.3, 0.4) is 0 Å². The molecule has 0 spiro atoms. The number of alkyl halides is 1. The predicted molar refractivity (Wildman–Crippen MR) is 101 cm³/mol. The van der Waals surface area contributed by atoms with Crippen LogP contribution in [-0.4, -0.2) is 40.7 Å². The fraction of sp³-hybridized carbons (Fsp3) is 0.700. The molecular weight excluding hydrogens is 315 g/mol. The van der Waals surface area contributed by atoms with Crippen molar-refractivity contribution >= 4 is 11.4 Å². The average molecular weight is 346 g/mol. The highest BCUT2D eigenvalue weighted by Crippen LogP contribution is 2.32. The third-order valence-corrected chi connectivity index (χ3v) is 5.33. The van der Waals surface area contributed by atoms with Crippen LogP contribution in [0.1, 0.15) is 69.0 Å². The number of fused-ring (bicyclic) bond motifs is 1. The second-order valence-corrected chi connectivity index (χ2v) is 7.39. The van der Waals surface area contributed by atoms with Crippen LogP contribution in [0.15, 0.2) is 6.08 Å². The highest BCUT2D eigenvalue weighted by Gasteiger charge is 2.22. The van der Waals surface area contributed by atoms with Gasteiger partial charge in [0.05, 0.1) is 5.69 Å². The van der Waals surface area contributed by atoms with Crippen LogP contribution in [0, 0.1) is 0 Å². The topological polar surface area (TPSA) is 55.0 Å². The van der Waals surface area contributed by atoms with Gasteiger partial charge in [0.25, 0.3) is 0 Å². The molecule has 138 valence electrons. The summed E-state index contributed by atoms with van der Waals surface area (Å²) in [5.41, 5.74) is 9.69. The molecule has 2 N–H and O–H groups in total.